The van der Waals surface area contributed by atoms with Crippen LogP contribution in [-0.4, -0.2) is 36.8 Å². The van der Waals surface area contributed by atoms with Gasteiger partial charge in [0.15, 0.2) is 0 Å². The molecule has 1 aromatic heterocycles. The van der Waals surface area contributed by atoms with Crippen LogP contribution in [-0.2, 0) is 10.8 Å². The van der Waals surface area contributed by atoms with Crippen LogP contribution in [0.5, 0.6) is 5.75 Å². The van der Waals surface area contributed by atoms with Crippen LogP contribution in [0.25, 0.3) is 5.69 Å². The van der Waals surface area contributed by atoms with Crippen molar-refractivity contribution in [3.8, 4) is 11.4 Å². The van der Waals surface area contributed by atoms with Crippen molar-refractivity contribution in [1.29, 1.82) is 0 Å². The predicted octanol–water partition coefficient (Wildman–Crippen LogP) is 1.19. The van der Waals surface area contributed by atoms with Crippen molar-refractivity contribution in [3.05, 3.63) is 24.3 Å². The van der Waals surface area contributed by atoms with Crippen molar-refractivity contribution >= 4 is 10.8 Å². The van der Waals surface area contributed by atoms with E-state index in [-0.39, 0.29) is 5.25 Å². The van der Waals surface area contributed by atoms with E-state index < -0.39 is 10.8 Å². The van der Waals surface area contributed by atoms with Crippen molar-refractivity contribution in [1.82, 2.24) is 20.2 Å². The maximum Gasteiger partial charge on any atom is 0.244 e. The fourth-order valence-electron chi connectivity index (χ4n) is 1.47. The lowest BCUT2D eigenvalue weighted by Crippen LogP contribution is -2.13. The first-order valence-corrected chi connectivity index (χ1v) is 6.68. The molecule has 7 heteroatoms. The van der Waals surface area contributed by atoms with E-state index in [0.29, 0.717) is 16.6 Å². The summed E-state index contributed by atoms with van der Waals surface area (Å²) in [5.41, 5.74) is 0.675. The molecule has 0 N–H and O–H groups in total. The molecule has 0 aliphatic carbocycles. The molecule has 2 rings (SSSR count). The Hall–Kier alpha value is -1.76. The zero-order valence-corrected chi connectivity index (χ0v) is 11.2. The van der Waals surface area contributed by atoms with Gasteiger partial charge in [-0.05, 0) is 22.6 Å². The van der Waals surface area contributed by atoms with Crippen LogP contribution < -0.4 is 4.74 Å². The first kappa shape index (κ1) is 12.7. The number of rotatable bonds is 4. The van der Waals surface area contributed by atoms with Crippen LogP contribution in [0.3, 0.4) is 0 Å². The average molecular weight is 266 g/mol. The average Bonchev–Trinajstić information content (AvgIpc) is 2.86. The van der Waals surface area contributed by atoms with Gasteiger partial charge in [0.05, 0.1) is 17.9 Å². The summed E-state index contributed by atoms with van der Waals surface area (Å²) < 4.78 is 18.8. The largest absolute Gasteiger partial charge is 0.494 e. The summed E-state index contributed by atoms with van der Waals surface area (Å²) in [5, 5.41) is 11.6. The highest BCUT2D eigenvalue weighted by Gasteiger charge is 2.19. The first-order valence-electron chi connectivity index (χ1n) is 5.47. The van der Waals surface area contributed by atoms with E-state index in [1.165, 1.54) is 4.68 Å². The van der Waals surface area contributed by atoms with E-state index in [2.05, 4.69) is 15.5 Å². The number of para-hydroxylation sites is 2. The van der Waals surface area contributed by atoms with Crippen LogP contribution >= 0.6 is 0 Å². The van der Waals surface area contributed by atoms with E-state index in [4.69, 9.17) is 4.74 Å². The third kappa shape index (κ3) is 2.26. The van der Waals surface area contributed by atoms with Gasteiger partial charge in [0.25, 0.3) is 0 Å². The van der Waals surface area contributed by atoms with E-state index in [1.54, 1.807) is 13.2 Å². The molecule has 0 aliphatic heterocycles. The van der Waals surface area contributed by atoms with Crippen molar-refractivity contribution in [3.63, 3.8) is 0 Å². The molecule has 0 bridgehead atoms. The number of ether oxygens (including phenoxy) is 1. The van der Waals surface area contributed by atoms with Gasteiger partial charge in [0.1, 0.15) is 11.4 Å². The third-order valence-electron chi connectivity index (χ3n) is 2.36. The van der Waals surface area contributed by atoms with Gasteiger partial charge >= 0.3 is 0 Å². The minimum absolute atomic E-state index is 0.0514. The van der Waals surface area contributed by atoms with E-state index in [9.17, 15) is 4.21 Å². The zero-order valence-electron chi connectivity index (χ0n) is 10.4. The molecule has 0 saturated carbocycles. The van der Waals surface area contributed by atoms with Gasteiger partial charge in [-0.3, -0.25) is 4.21 Å². The fourth-order valence-corrected chi connectivity index (χ4v) is 2.32. The monoisotopic (exact) mass is 266 g/mol. The fraction of sp³-hybridized carbons (Fsp3) is 0.364. The van der Waals surface area contributed by atoms with Crippen LogP contribution in [0.1, 0.15) is 13.8 Å². The second kappa shape index (κ2) is 5.26. The lowest BCUT2D eigenvalue weighted by Gasteiger charge is -2.09. The van der Waals surface area contributed by atoms with Crippen LogP contribution in [0.4, 0.5) is 0 Å². The molecular weight excluding hydrogens is 252 g/mol. The van der Waals surface area contributed by atoms with Crippen LogP contribution in [0.2, 0.25) is 0 Å². The van der Waals surface area contributed by atoms with Gasteiger partial charge in [0, 0.05) is 5.25 Å². The Labute approximate surface area is 107 Å². The van der Waals surface area contributed by atoms with Crippen LogP contribution in [0, 0.1) is 0 Å². The molecule has 0 spiro atoms. The number of benzene rings is 1. The van der Waals surface area contributed by atoms with Crippen molar-refractivity contribution in [2.45, 2.75) is 24.3 Å². The molecule has 96 valence electrons. The summed E-state index contributed by atoms with van der Waals surface area (Å²) in [5.74, 6) is 0.631. The molecule has 1 unspecified atom stereocenters. The second-order valence-corrected chi connectivity index (χ2v) is 5.79. The van der Waals surface area contributed by atoms with Gasteiger partial charge in [-0.15, -0.1) is 0 Å². The van der Waals surface area contributed by atoms with Gasteiger partial charge in [-0.25, -0.2) is 0 Å². The quantitative estimate of drug-likeness (QED) is 0.831. The SMILES string of the molecule is COc1ccccc1-n1nnnc1S(=O)C(C)C. The molecule has 0 amide bonds. The summed E-state index contributed by atoms with van der Waals surface area (Å²) in [6.07, 6.45) is 0. The molecule has 0 radical (unpaired) electrons. The summed E-state index contributed by atoms with van der Waals surface area (Å²) >= 11 is 0. The molecule has 6 nitrogen and oxygen atoms in total. The Kier molecular flexibility index (Phi) is 3.71. The number of hydrogen-bond donors (Lipinski definition) is 0. The third-order valence-corrected chi connectivity index (χ3v) is 3.83. The van der Waals surface area contributed by atoms with Gasteiger partial charge in [-0.2, -0.15) is 4.68 Å². The van der Waals surface area contributed by atoms with E-state index in [1.807, 2.05) is 32.0 Å². The minimum Gasteiger partial charge on any atom is -0.494 e. The maximum atomic E-state index is 12.1. The molecule has 18 heavy (non-hydrogen) atoms. The Morgan fingerprint density at radius 1 is 1.33 bits per heavy atom. The molecule has 1 aromatic carbocycles. The second-order valence-electron chi connectivity index (χ2n) is 3.89. The van der Waals surface area contributed by atoms with Gasteiger partial charge in [0.2, 0.25) is 5.16 Å². The topological polar surface area (TPSA) is 69.9 Å². The summed E-state index contributed by atoms with van der Waals surface area (Å²) in [6, 6.07) is 7.32. The summed E-state index contributed by atoms with van der Waals surface area (Å²) in [4.78, 5) is 0. The van der Waals surface area contributed by atoms with Crippen molar-refractivity contribution in [2.75, 3.05) is 7.11 Å². The summed E-state index contributed by atoms with van der Waals surface area (Å²) in [7, 11) is 0.317. The summed E-state index contributed by atoms with van der Waals surface area (Å²) in [6.45, 7) is 3.72. The molecule has 0 aliphatic rings. The number of tetrazole rings is 1. The highest BCUT2D eigenvalue weighted by molar-refractivity contribution is 7.85. The molecular formula is C11H14N4O2S. The van der Waals surface area contributed by atoms with Crippen molar-refractivity contribution < 1.29 is 8.95 Å². The molecule has 0 saturated heterocycles. The Bertz CT molecular complexity index is 568. The molecule has 1 atom stereocenters. The number of methoxy groups -OCH3 is 1. The Balaban J connectivity index is 2.52. The predicted molar refractivity (Wildman–Crippen MR) is 67.3 cm³/mol. The van der Waals surface area contributed by atoms with Crippen molar-refractivity contribution in [2.24, 2.45) is 0 Å². The zero-order chi connectivity index (χ0) is 13.1. The highest BCUT2D eigenvalue weighted by Crippen LogP contribution is 2.23. The van der Waals surface area contributed by atoms with E-state index in [0.717, 1.165) is 0 Å². The maximum absolute atomic E-state index is 12.1. The first-order chi connectivity index (χ1) is 8.65. The van der Waals surface area contributed by atoms with E-state index >= 15 is 0 Å². The van der Waals surface area contributed by atoms with Gasteiger partial charge < -0.3 is 4.74 Å². The number of nitrogens with zero attached hydrogens (tertiary/aromatic N) is 4. The minimum atomic E-state index is -1.26. The normalized spacial score (nSPS) is 12.7. The standard InChI is InChI=1S/C11H14N4O2S/c1-8(2)18(16)11-12-13-14-15(11)9-6-4-5-7-10(9)17-3/h4-8H,1-3H3. The lowest BCUT2D eigenvalue weighted by molar-refractivity contribution is 0.410. The van der Waals surface area contributed by atoms with Crippen LogP contribution in [0.15, 0.2) is 29.4 Å². The number of hydrogen-bond acceptors (Lipinski definition) is 5. The number of aromatic nitrogens is 4. The Morgan fingerprint density at radius 2 is 2.06 bits per heavy atom. The molecule has 2 aromatic rings. The smallest absolute Gasteiger partial charge is 0.244 e. The molecule has 1 heterocycles. The lowest BCUT2D eigenvalue weighted by atomic mass is 10.3. The Morgan fingerprint density at radius 3 is 2.72 bits per heavy atom. The molecule has 0 fully saturated rings. The van der Waals surface area contributed by atoms with Gasteiger partial charge in [-0.1, -0.05) is 31.1 Å². The highest BCUT2D eigenvalue weighted by atomic mass is 32.2.